The van der Waals surface area contributed by atoms with E-state index >= 15 is 0 Å². The lowest BCUT2D eigenvalue weighted by Gasteiger charge is -2.34. The second kappa shape index (κ2) is 6.82. The summed E-state index contributed by atoms with van der Waals surface area (Å²) in [4.78, 5) is 0. The highest BCUT2D eigenvalue weighted by Gasteiger charge is 2.37. The van der Waals surface area contributed by atoms with Crippen LogP contribution in [-0.2, 0) is 13.0 Å². The van der Waals surface area contributed by atoms with Crippen LogP contribution in [-0.4, -0.2) is 24.5 Å². The number of rotatable bonds is 3. The Morgan fingerprint density at radius 3 is 2.42 bits per heavy atom. The van der Waals surface area contributed by atoms with Gasteiger partial charge in [0.1, 0.15) is 11.5 Å². The minimum atomic E-state index is 0.549. The van der Waals surface area contributed by atoms with Crippen molar-refractivity contribution in [1.29, 1.82) is 0 Å². The van der Waals surface area contributed by atoms with Gasteiger partial charge in [0.15, 0.2) is 5.82 Å². The maximum Gasteiger partial charge on any atom is 0.182 e. The Labute approximate surface area is 156 Å². The molecule has 3 heterocycles. The topological polar surface area (TPSA) is 48.5 Å². The van der Waals surface area contributed by atoms with Gasteiger partial charge in [-0.3, -0.25) is 4.68 Å². The van der Waals surface area contributed by atoms with Crippen molar-refractivity contribution in [2.75, 3.05) is 0 Å². The largest absolute Gasteiger partial charge is 0.309 e. The van der Waals surface area contributed by atoms with E-state index in [1.807, 2.05) is 0 Å². The molecule has 2 aromatic heterocycles. The zero-order chi connectivity index (χ0) is 17.5. The second-order valence-corrected chi connectivity index (χ2v) is 8.59. The first-order valence-electron chi connectivity index (χ1n) is 10.9. The average molecular weight is 354 g/mol. The summed E-state index contributed by atoms with van der Waals surface area (Å²) in [5.74, 6) is 3.61. The van der Waals surface area contributed by atoms with Crippen molar-refractivity contribution in [2.45, 2.75) is 96.1 Å². The van der Waals surface area contributed by atoms with Gasteiger partial charge < -0.3 is 4.57 Å². The predicted octanol–water partition coefficient (Wildman–Crippen LogP) is 4.89. The zero-order valence-corrected chi connectivity index (χ0v) is 16.0. The lowest BCUT2D eigenvalue weighted by Crippen LogP contribution is -2.27. The van der Waals surface area contributed by atoms with Gasteiger partial charge in [0.2, 0.25) is 0 Å². The Morgan fingerprint density at radius 2 is 1.69 bits per heavy atom. The number of fused-ring (bicyclic) bond motifs is 3. The van der Waals surface area contributed by atoms with Crippen molar-refractivity contribution in [3.63, 3.8) is 0 Å². The molecular formula is C21H31N5. The van der Waals surface area contributed by atoms with Gasteiger partial charge in [0.25, 0.3) is 0 Å². The molecule has 2 aliphatic carbocycles. The van der Waals surface area contributed by atoms with E-state index in [1.165, 1.54) is 75.5 Å². The standard InChI is InChI=1S/C21H31N5/c1-2-19-23-24-21-20-17(13-22-26(20)16-11-7-4-8-12-16)18(14-25(19)21)15-9-5-3-6-10-15/h13,15-16,18H,2-12,14H2,1H3. The molecule has 5 rings (SSSR count). The van der Waals surface area contributed by atoms with Crippen molar-refractivity contribution >= 4 is 0 Å². The summed E-state index contributed by atoms with van der Waals surface area (Å²) >= 11 is 0. The highest BCUT2D eigenvalue weighted by molar-refractivity contribution is 5.59. The summed E-state index contributed by atoms with van der Waals surface area (Å²) in [5.41, 5.74) is 2.76. The van der Waals surface area contributed by atoms with Crippen LogP contribution in [0.25, 0.3) is 11.5 Å². The Morgan fingerprint density at radius 1 is 0.962 bits per heavy atom. The quantitative estimate of drug-likeness (QED) is 0.789. The van der Waals surface area contributed by atoms with Gasteiger partial charge >= 0.3 is 0 Å². The highest BCUT2D eigenvalue weighted by atomic mass is 15.4. The van der Waals surface area contributed by atoms with Gasteiger partial charge in [-0.2, -0.15) is 5.10 Å². The monoisotopic (exact) mass is 353 g/mol. The van der Waals surface area contributed by atoms with Gasteiger partial charge in [-0.1, -0.05) is 45.4 Å². The van der Waals surface area contributed by atoms with E-state index in [0.717, 1.165) is 30.5 Å². The molecular weight excluding hydrogens is 322 g/mol. The molecule has 1 unspecified atom stereocenters. The molecule has 2 saturated carbocycles. The summed E-state index contributed by atoms with van der Waals surface area (Å²) in [7, 11) is 0. The molecule has 0 aromatic carbocycles. The van der Waals surface area contributed by atoms with Crippen molar-refractivity contribution in [2.24, 2.45) is 5.92 Å². The minimum Gasteiger partial charge on any atom is -0.309 e. The zero-order valence-electron chi connectivity index (χ0n) is 16.0. The van der Waals surface area contributed by atoms with Crippen LogP contribution in [0.3, 0.4) is 0 Å². The minimum absolute atomic E-state index is 0.549. The first-order chi connectivity index (χ1) is 12.9. The van der Waals surface area contributed by atoms with Crippen molar-refractivity contribution < 1.29 is 0 Å². The molecule has 0 N–H and O–H groups in total. The van der Waals surface area contributed by atoms with Crippen LogP contribution >= 0.6 is 0 Å². The smallest absolute Gasteiger partial charge is 0.182 e. The van der Waals surface area contributed by atoms with Crippen LogP contribution in [0, 0.1) is 5.92 Å². The van der Waals surface area contributed by atoms with Crippen molar-refractivity contribution in [3.8, 4) is 11.5 Å². The predicted molar refractivity (Wildman–Crippen MR) is 102 cm³/mol. The van der Waals surface area contributed by atoms with E-state index in [2.05, 4.69) is 32.6 Å². The summed E-state index contributed by atoms with van der Waals surface area (Å²) in [6.07, 6.45) is 16.6. The van der Waals surface area contributed by atoms with Gasteiger partial charge in [0.05, 0.1) is 12.2 Å². The van der Waals surface area contributed by atoms with Crippen LogP contribution in [0.15, 0.2) is 6.20 Å². The van der Waals surface area contributed by atoms with E-state index in [9.17, 15) is 0 Å². The van der Waals surface area contributed by atoms with Gasteiger partial charge in [-0.25, -0.2) is 0 Å². The third kappa shape index (κ3) is 2.62. The van der Waals surface area contributed by atoms with Crippen LogP contribution in [0.1, 0.15) is 94.5 Å². The molecule has 3 aliphatic rings. The van der Waals surface area contributed by atoms with E-state index in [-0.39, 0.29) is 0 Å². The first kappa shape index (κ1) is 16.5. The second-order valence-electron chi connectivity index (χ2n) is 8.59. The summed E-state index contributed by atoms with van der Waals surface area (Å²) in [6, 6.07) is 0.549. The van der Waals surface area contributed by atoms with Crippen molar-refractivity contribution in [1.82, 2.24) is 24.5 Å². The van der Waals surface area contributed by atoms with Crippen LogP contribution < -0.4 is 0 Å². The first-order valence-corrected chi connectivity index (χ1v) is 10.9. The lowest BCUT2D eigenvalue weighted by atomic mass is 9.75. The van der Waals surface area contributed by atoms with Crippen LogP contribution in [0.5, 0.6) is 0 Å². The Balaban J connectivity index is 1.60. The third-order valence-electron chi connectivity index (χ3n) is 7.10. The number of hydrogen-bond acceptors (Lipinski definition) is 3. The van der Waals surface area contributed by atoms with Gasteiger partial charge in [0, 0.05) is 24.4 Å². The molecule has 0 bridgehead atoms. The summed E-state index contributed by atoms with van der Waals surface area (Å²) in [5, 5.41) is 14.1. The molecule has 5 nitrogen and oxygen atoms in total. The molecule has 1 atom stereocenters. The number of nitrogens with zero attached hydrogens (tertiary/aromatic N) is 5. The van der Waals surface area contributed by atoms with Crippen LogP contribution in [0.2, 0.25) is 0 Å². The SMILES string of the molecule is CCc1nnc2n1CC(C1CCCCC1)c1cnn(C3CCCCC3)c1-2. The van der Waals surface area contributed by atoms with Gasteiger partial charge in [-0.15, -0.1) is 10.2 Å². The van der Waals surface area contributed by atoms with Crippen LogP contribution in [0.4, 0.5) is 0 Å². The normalized spacial score (nSPS) is 24.4. The molecule has 2 fully saturated rings. The van der Waals surface area contributed by atoms with E-state index in [1.54, 1.807) is 0 Å². The molecule has 140 valence electrons. The number of aromatic nitrogens is 5. The molecule has 0 spiro atoms. The van der Waals surface area contributed by atoms with E-state index in [0.29, 0.717) is 12.0 Å². The van der Waals surface area contributed by atoms with E-state index in [4.69, 9.17) is 5.10 Å². The fourth-order valence-corrected chi connectivity index (χ4v) is 5.68. The maximum absolute atomic E-state index is 4.94. The Kier molecular flexibility index (Phi) is 4.33. The molecule has 2 aromatic rings. The Hall–Kier alpha value is -1.65. The summed E-state index contributed by atoms with van der Waals surface area (Å²) < 4.78 is 4.76. The highest BCUT2D eigenvalue weighted by Crippen LogP contribution is 2.45. The molecule has 0 saturated heterocycles. The number of aryl methyl sites for hydroxylation is 1. The molecule has 0 amide bonds. The van der Waals surface area contributed by atoms with E-state index < -0.39 is 0 Å². The average Bonchev–Trinajstić information content (AvgIpc) is 3.32. The molecule has 26 heavy (non-hydrogen) atoms. The maximum atomic E-state index is 4.94. The fourth-order valence-electron chi connectivity index (χ4n) is 5.68. The molecule has 5 heteroatoms. The Bertz CT molecular complexity index is 761. The lowest BCUT2D eigenvalue weighted by molar-refractivity contribution is 0.278. The van der Waals surface area contributed by atoms with Gasteiger partial charge in [-0.05, 0) is 31.6 Å². The fraction of sp³-hybridized carbons (Fsp3) is 0.762. The molecule has 1 aliphatic heterocycles. The molecule has 0 radical (unpaired) electrons. The number of hydrogen-bond donors (Lipinski definition) is 0. The summed E-state index contributed by atoms with van der Waals surface area (Å²) in [6.45, 7) is 3.25. The third-order valence-corrected chi connectivity index (χ3v) is 7.10. The van der Waals surface area contributed by atoms with Crippen molar-refractivity contribution in [3.05, 3.63) is 17.6 Å².